The average Bonchev–Trinajstić information content (AvgIpc) is 3.04. The Balaban J connectivity index is 1.54. The first-order chi connectivity index (χ1) is 13.6. The monoisotopic (exact) mass is 458 g/mol. The maximum atomic E-state index is 12.1. The second kappa shape index (κ2) is 9.57. The van der Waals surface area contributed by atoms with Crippen LogP contribution in [0, 0.1) is 0 Å². The van der Waals surface area contributed by atoms with Crippen LogP contribution in [0.5, 0.6) is 0 Å². The summed E-state index contributed by atoms with van der Waals surface area (Å²) in [6.45, 7) is 4.30. The number of halogens is 1. The van der Waals surface area contributed by atoms with E-state index in [1.54, 1.807) is 12.1 Å². The molecule has 3 rings (SSSR count). The molecule has 3 aromatic rings. The van der Waals surface area contributed by atoms with Crippen molar-refractivity contribution in [3.63, 3.8) is 0 Å². The summed E-state index contributed by atoms with van der Waals surface area (Å²) in [4.78, 5) is 28.7. The van der Waals surface area contributed by atoms with Gasteiger partial charge in [0.1, 0.15) is 0 Å². The van der Waals surface area contributed by atoms with Crippen LogP contribution in [0.2, 0.25) is 0 Å². The molecule has 0 radical (unpaired) electrons. The van der Waals surface area contributed by atoms with Crippen LogP contribution < -0.4 is 10.6 Å². The van der Waals surface area contributed by atoms with Crippen LogP contribution in [0.15, 0.2) is 70.8 Å². The Kier molecular flexibility index (Phi) is 6.89. The predicted molar refractivity (Wildman–Crippen MR) is 116 cm³/mol. The van der Waals surface area contributed by atoms with Crippen LogP contribution in [0.3, 0.4) is 0 Å². The lowest BCUT2D eigenvalue weighted by molar-refractivity contribution is -0.122. The molecule has 144 valence electrons. The van der Waals surface area contributed by atoms with E-state index in [1.807, 2.05) is 47.0 Å². The lowest BCUT2D eigenvalue weighted by Gasteiger charge is -2.09. The zero-order valence-corrected chi connectivity index (χ0v) is 17.4. The summed E-state index contributed by atoms with van der Waals surface area (Å²) in [5.41, 5.74) is 2.53. The van der Waals surface area contributed by atoms with E-state index in [0.717, 1.165) is 20.7 Å². The van der Waals surface area contributed by atoms with Gasteiger partial charge in [-0.2, -0.15) is 0 Å². The van der Waals surface area contributed by atoms with Gasteiger partial charge < -0.3 is 15.2 Å². The standard InChI is InChI=1S/C20H19BrN4O2S/c1-2-11-25-17-10-6-5-9-16(17)24-20(25)28-13-19(27)22-12-18(26)23-15-8-4-3-7-14(15)21/h2-10H,1,11-13H2,(H,22,27)(H,23,26). The van der Waals surface area contributed by atoms with Crippen molar-refractivity contribution in [3.8, 4) is 0 Å². The van der Waals surface area contributed by atoms with Gasteiger partial charge in [-0.25, -0.2) is 4.98 Å². The quantitative estimate of drug-likeness (QED) is 0.397. The van der Waals surface area contributed by atoms with Gasteiger partial charge in [-0.3, -0.25) is 9.59 Å². The van der Waals surface area contributed by atoms with E-state index in [2.05, 4.69) is 38.1 Å². The van der Waals surface area contributed by atoms with Gasteiger partial charge in [0.2, 0.25) is 11.8 Å². The minimum atomic E-state index is -0.288. The number of carbonyl (C=O) groups is 2. The first-order valence-electron chi connectivity index (χ1n) is 8.58. The molecule has 0 unspecified atom stereocenters. The molecule has 0 spiro atoms. The van der Waals surface area contributed by atoms with Crippen molar-refractivity contribution in [1.82, 2.24) is 14.9 Å². The van der Waals surface area contributed by atoms with Gasteiger partial charge in [0, 0.05) is 11.0 Å². The van der Waals surface area contributed by atoms with Crippen molar-refractivity contribution >= 4 is 56.2 Å². The zero-order valence-electron chi connectivity index (χ0n) is 15.0. The number of amides is 2. The topological polar surface area (TPSA) is 76.0 Å². The first-order valence-corrected chi connectivity index (χ1v) is 10.4. The molecule has 2 aromatic carbocycles. The Morgan fingerprint density at radius 2 is 1.89 bits per heavy atom. The molecule has 6 nitrogen and oxygen atoms in total. The minimum absolute atomic E-state index is 0.0935. The van der Waals surface area contributed by atoms with Crippen LogP contribution in [0.4, 0.5) is 5.69 Å². The highest BCUT2D eigenvalue weighted by atomic mass is 79.9. The molecule has 0 bridgehead atoms. The average molecular weight is 459 g/mol. The Hall–Kier alpha value is -2.58. The highest BCUT2D eigenvalue weighted by molar-refractivity contribution is 9.10. The van der Waals surface area contributed by atoms with Crippen molar-refractivity contribution in [3.05, 3.63) is 65.7 Å². The van der Waals surface area contributed by atoms with E-state index in [9.17, 15) is 9.59 Å². The maximum Gasteiger partial charge on any atom is 0.243 e. The fourth-order valence-electron chi connectivity index (χ4n) is 2.59. The fourth-order valence-corrected chi connectivity index (χ4v) is 3.82. The van der Waals surface area contributed by atoms with Crippen LogP contribution >= 0.6 is 27.7 Å². The van der Waals surface area contributed by atoms with Gasteiger partial charge in [-0.1, -0.05) is 42.1 Å². The molecule has 28 heavy (non-hydrogen) atoms. The number of rotatable bonds is 8. The third kappa shape index (κ3) is 5.02. The largest absolute Gasteiger partial charge is 0.346 e. The first kappa shape index (κ1) is 20.2. The number of benzene rings is 2. The number of aromatic nitrogens is 2. The Bertz CT molecular complexity index is 1020. The molecule has 0 atom stereocenters. The molecule has 1 aromatic heterocycles. The number of para-hydroxylation sites is 3. The number of carbonyl (C=O) groups excluding carboxylic acids is 2. The Morgan fingerprint density at radius 3 is 2.68 bits per heavy atom. The van der Waals surface area contributed by atoms with Crippen LogP contribution in [-0.2, 0) is 16.1 Å². The molecular weight excluding hydrogens is 440 g/mol. The van der Waals surface area contributed by atoms with Gasteiger partial charge >= 0.3 is 0 Å². The summed E-state index contributed by atoms with van der Waals surface area (Å²) in [5.74, 6) is -0.350. The molecule has 8 heteroatoms. The van der Waals surface area contributed by atoms with Crippen LogP contribution in [-0.4, -0.2) is 33.7 Å². The molecule has 0 aliphatic heterocycles. The number of hydrogen-bond acceptors (Lipinski definition) is 4. The number of nitrogens with zero attached hydrogens (tertiary/aromatic N) is 2. The smallest absolute Gasteiger partial charge is 0.243 e. The van der Waals surface area contributed by atoms with Crippen molar-refractivity contribution < 1.29 is 9.59 Å². The van der Waals surface area contributed by atoms with E-state index in [0.29, 0.717) is 12.2 Å². The second-order valence-corrected chi connectivity index (χ2v) is 7.67. The molecule has 1 heterocycles. The molecule has 0 fully saturated rings. The third-order valence-corrected chi connectivity index (χ3v) is 5.53. The van der Waals surface area contributed by atoms with E-state index in [4.69, 9.17) is 0 Å². The van der Waals surface area contributed by atoms with Crippen molar-refractivity contribution in [2.45, 2.75) is 11.7 Å². The van der Waals surface area contributed by atoms with Crippen LogP contribution in [0.1, 0.15) is 0 Å². The minimum Gasteiger partial charge on any atom is -0.346 e. The van der Waals surface area contributed by atoms with E-state index in [1.165, 1.54) is 11.8 Å². The Morgan fingerprint density at radius 1 is 1.14 bits per heavy atom. The summed E-state index contributed by atoms with van der Waals surface area (Å²) >= 11 is 4.70. The van der Waals surface area contributed by atoms with Gasteiger partial charge in [-0.05, 0) is 40.2 Å². The lowest BCUT2D eigenvalue weighted by atomic mass is 10.3. The molecule has 0 aliphatic carbocycles. The van der Waals surface area contributed by atoms with Gasteiger partial charge in [0.25, 0.3) is 0 Å². The number of thioether (sulfide) groups is 1. The number of nitrogens with one attached hydrogen (secondary N) is 2. The van der Waals surface area contributed by atoms with Gasteiger partial charge in [0.15, 0.2) is 5.16 Å². The molecule has 0 aliphatic rings. The van der Waals surface area contributed by atoms with Crippen molar-refractivity contribution in [2.24, 2.45) is 0 Å². The van der Waals surface area contributed by atoms with Crippen molar-refractivity contribution in [2.75, 3.05) is 17.6 Å². The molecular formula is C20H19BrN4O2S. The summed E-state index contributed by atoms with van der Waals surface area (Å²) in [7, 11) is 0. The molecule has 2 amide bonds. The molecule has 0 saturated carbocycles. The number of imidazole rings is 1. The normalized spacial score (nSPS) is 10.6. The number of allylic oxidation sites excluding steroid dienone is 1. The number of fused-ring (bicyclic) bond motifs is 1. The fraction of sp³-hybridized carbons (Fsp3) is 0.150. The molecule has 0 saturated heterocycles. The third-order valence-electron chi connectivity index (χ3n) is 3.86. The lowest BCUT2D eigenvalue weighted by Crippen LogP contribution is -2.34. The van der Waals surface area contributed by atoms with Crippen LogP contribution in [0.25, 0.3) is 11.0 Å². The summed E-state index contributed by atoms with van der Waals surface area (Å²) < 4.78 is 2.80. The summed E-state index contributed by atoms with van der Waals surface area (Å²) in [6.07, 6.45) is 1.80. The summed E-state index contributed by atoms with van der Waals surface area (Å²) in [5, 5.41) is 6.13. The zero-order chi connectivity index (χ0) is 19.9. The SMILES string of the molecule is C=CCn1c(SCC(=O)NCC(=O)Nc2ccccc2Br)nc2ccccc21. The second-order valence-electron chi connectivity index (χ2n) is 5.88. The van der Waals surface area contributed by atoms with Gasteiger partial charge in [0.05, 0.1) is 29.0 Å². The highest BCUT2D eigenvalue weighted by Crippen LogP contribution is 2.24. The Labute approximate surface area is 175 Å². The van der Waals surface area contributed by atoms with Crippen molar-refractivity contribution in [1.29, 1.82) is 0 Å². The predicted octanol–water partition coefficient (Wildman–Crippen LogP) is 3.83. The van der Waals surface area contributed by atoms with E-state index < -0.39 is 0 Å². The van der Waals surface area contributed by atoms with E-state index in [-0.39, 0.29) is 24.1 Å². The number of hydrogen-bond donors (Lipinski definition) is 2. The van der Waals surface area contributed by atoms with Gasteiger partial charge in [-0.15, -0.1) is 6.58 Å². The van der Waals surface area contributed by atoms with E-state index >= 15 is 0 Å². The highest BCUT2D eigenvalue weighted by Gasteiger charge is 2.13. The summed E-state index contributed by atoms with van der Waals surface area (Å²) in [6, 6.07) is 15.1. The molecule has 2 N–H and O–H groups in total. The maximum absolute atomic E-state index is 12.1. The number of anilines is 1.